The zero-order valence-corrected chi connectivity index (χ0v) is 28.0. The van der Waals surface area contributed by atoms with Crippen LogP contribution in [0.1, 0.15) is 58.5 Å². The molecule has 1 aliphatic rings. The van der Waals surface area contributed by atoms with Crippen molar-refractivity contribution in [3.8, 4) is 0 Å². The van der Waals surface area contributed by atoms with Crippen LogP contribution in [-0.4, -0.2) is 68.9 Å². The first-order valence-electron chi connectivity index (χ1n) is 14.5. The van der Waals surface area contributed by atoms with Gasteiger partial charge in [-0.2, -0.15) is 9.41 Å². The molecule has 2 aromatic carbocycles. The summed E-state index contributed by atoms with van der Waals surface area (Å²) in [6, 6.07) is 17.9. The van der Waals surface area contributed by atoms with E-state index < -0.39 is 10.0 Å². The van der Waals surface area contributed by atoms with Crippen LogP contribution >= 0.6 is 23.1 Å². The number of carbonyl (C=O) groups is 2. The van der Waals surface area contributed by atoms with Crippen molar-refractivity contribution in [1.29, 1.82) is 0 Å². The number of thiophene rings is 1. The molecule has 0 spiro atoms. The van der Waals surface area contributed by atoms with E-state index in [1.165, 1.54) is 40.3 Å². The van der Waals surface area contributed by atoms with Crippen molar-refractivity contribution >= 4 is 50.6 Å². The molecule has 11 nitrogen and oxygen atoms in total. The molecule has 2 aromatic heterocycles. The highest BCUT2D eigenvalue weighted by Gasteiger charge is 2.33. The molecule has 2 amide bonds. The zero-order chi connectivity index (χ0) is 32.1. The van der Waals surface area contributed by atoms with Crippen LogP contribution in [0.3, 0.4) is 0 Å². The van der Waals surface area contributed by atoms with Crippen molar-refractivity contribution < 1.29 is 18.0 Å². The number of rotatable bonds is 12. The number of carbonyl (C=O) groups excluding carboxylic acids is 2. The van der Waals surface area contributed by atoms with Crippen molar-refractivity contribution in [2.45, 2.75) is 49.8 Å². The van der Waals surface area contributed by atoms with E-state index in [1.807, 2.05) is 48.7 Å². The Hall–Kier alpha value is -3.85. The molecule has 4 aromatic rings. The predicted octanol–water partition coefficient (Wildman–Crippen LogP) is 4.62. The van der Waals surface area contributed by atoms with Gasteiger partial charge in [0.1, 0.15) is 0 Å². The highest BCUT2D eigenvalue weighted by molar-refractivity contribution is 7.99. The number of benzene rings is 2. The SMILES string of the molecule is CCN(CC)S(=O)(=O)c1ccc(C(=O)NCc2nnc(SCC(=O)N3N=C(c4cccs4)CC3c3ccc(C)cc3)n2C)cc1. The van der Waals surface area contributed by atoms with Gasteiger partial charge >= 0.3 is 0 Å². The third-order valence-corrected chi connectivity index (χ3v) is 11.5. The number of aryl methyl sites for hydroxylation is 1. The molecule has 0 aliphatic carbocycles. The first-order valence-corrected chi connectivity index (χ1v) is 17.8. The molecule has 0 saturated carbocycles. The first kappa shape index (κ1) is 32.5. The Bertz CT molecular complexity index is 1780. The fourth-order valence-corrected chi connectivity index (χ4v) is 7.91. The summed E-state index contributed by atoms with van der Waals surface area (Å²) in [7, 11) is -1.83. The van der Waals surface area contributed by atoms with Crippen LogP contribution in [0.25, 0.3) is 0 Å². The van der Waals surface area contributed by atoms with Crippen LogP contribution < -0.4 is 5.32 Å². The third kappa shape index (κ3) is 7.19. The monoisotopic (exact) mass is 665 g/mol. The predicted molar refractivity (Wildman–Crippen MR) is 176 cm³/mol. The van der Waals surface area contributed by atoms with Gasteiger partial charge in [-0.3, -0.25) is 9.59 Å². The topological polar surface area (TPSA) is 130 Å². The number of thioether (sulfide) groups is 1. The molecule has 1 atom stereocenters. The first-order chi connectivity index (χ1) is 21.6. The average Bonchev–Trinajstić information content (AvgIpc) is 3.80. The van der Waals surface area contributed by atoms with E-state index in [-0.39, 0.29) is 35.0 Å². The molecule has 1 unspecified atom stereocenters. The molecule has 0 saturated heterocycles. The Morgan fingerprint density at radius 2 is 1.76 bits per heavy atom. The van der Waals surface area contributed by atoms with Crippen molar-refractivity contribution in [3.63, 3.8) is 0 Å². The average molecular weight is 666 g/mol. The van der Waals surface area contributed by atoms with E-state index in [0.29, 0.717) is 36.1 Å². The molecule has 14 heteroatoms. The fourth-order valence-electron chi connectivity index (χ4n) is 4.95. The minimum Gasteiger partial charge on any atom is -0.345 e. The summed E-state index contributed by atoms with van der Waals surface area (Å²) in [5, 5.41) is 20.1. The minimum atomic E-state index is -3.61. The molecule has 5 rings (SSSR count). The lowest BCUT2D eigenvalue weighted by molar-refractivity contribution is -0.130. The van der Waals surface area contributed by atoms with Gasteiger partial charge in [0.25, 0.3) is 11.8 Å². The van der Waals surface area contributed by atoms with Gasteiger partial charge in [-0.05, 0) is 48.2 Å². The van der Waals surface area contributed by atoms with E-state index in [9.17, 15) is 18.0 Å². The van der Waals surface area contributed by atoms with Gasteiger partial charge in [0, 0.05) is 32.1 Å². The standard InChI is InChI=1S/C31H35N7O4S3/c1-5-37(6-2)45(41,42)24-15-13-23(14-16-24)30(40)32-19-28-33-34-31(36(28)4)44-20-29(39)38-26(22-11-9-21(3)10-12-22)18-25(35-38)27-8-7-17-43-27/h7-17,26H,5-6,18-20H2,1-4H3,(H,32,40). The molecule has 0 bridgehead atoms. The number of hydrogen-bond donors (Lipinski definition) is 1. The van der Waals surface area contributed by atoms with Gasteiger partial charge in [-0.15, -0.1) is 21.5 Å². The van der Waals surface area contributed by atoms with E-state index in [4.69, 9.17) is 5.10 Å². The molecule has 0 fully saturated rings. The second-order valence-corrected chi connectivity index (χ2v) is 14.3. The molecule has 45 heavy (non-hydrogen) atoms. The van der Waals surface area contributed by atoms with Crippen LogP contribution in [0, 0.1) is 6.92 Å². The summed E-state index contributed by atoms with van der Waals surface area (Å²) in [5.41, 5.74) is 3.40. The largest absolute Gasteiger partial charge is 0.345 e. The Kier molecular flexibility index (Phi) is 10.2. The Labute approximate surface area is 271 Å². The van der Waals surface area contributed by atoms with Crippen LogP contribution in [-0.2, 0) is 28.4 Å². The summed E-state index contributed by atoms with van der Waals surface area (Å²) in [6.07, 6.45) is 0.641. The number of sulfonamides is 1. The van der Waals surface area contributed by atoms with Crippen LogP contribution in [0.2, 0.25) is 0 Å². The number of aromatic nitrogens is 3. The van der Waals surface area contributed by atoms with Gasteiger partial charge in [0.2, 0.25) is 10.0 Å². The molecule has 0 radical (unpaired) electrons. The highest BCUT2D eigenvalue weighted by Crippen LogP contribution is 2.34. The number of amides is 2. The quantitative estimate of drug-likeness (QED) is 0.219. The van der Waals surface area contributed by atoms with Crippen molar-refractivity contribution in [3.05, 3.63) is 93.4 Å². The number of nitrogens with zero attached hydrogens (tertiary/aromatic N) is 6. The number of nitrogens with one attached hydrogen (secondary N) is 1. The van der Waals surface area contributed by atoms with Gasteiger partial charge in [-0.25, -0.2) is 13.4 Å². The van der Waals surface area contributed by atoms with Crippen molar-refractivity contribution in [2.75, 3.05) is 18.8 Å². The van der Waals surface area contributed by atoms with Gasteiger partial charge in [0.15, 0.2) is 11.0 Å². The molecule has 236 valence electrons. The summed E-state index contributed by atoms with van der Waals surface area (Å²) >= 11 is 2.87. The lowest BCUT2D eigenvalue weighted by Crippen LogP contribution is -2.30. The number of hydrogen-bond acceptors (Lipinski definition) is 9. The molecule has 1 N–H and O–H groups in total. The summed E-state index contributed by atoms with van der Waals surface area (Å²) in [4.78, 5) is 27.5. The Balaban J connectivity index is 1.20. The molecular formula is C31H35N7O4S3. The van der Waals surface area contributed by atoms with Gasteiger partial charge in [0.05, 0.1) is 33.8 Å². The van der Waals surface area contributed by atoms with E-state index in [2.05, 4.69) is 15.5 Å². The Morgan fingerprint density at radius 1 is 1.04 bits per heavy atom. The van der Waals surface area contributed by atoms with E-state index in [0.717, 1.165) is 21.7 Å². The minimum absolute atomic E-state index is 0.104. The van der Waals surface area contributed by atoms with Crippen molar-refractivity contribution in [1.82, 2.24) is 29.4 Å². The maximum absolute atomic E-state index is 13.5. The fraction of sp³-hybridized carbons (Fsp3) is 0.323. The second-order valence-electron chi connectivity index (χ2n) is 10.4. The van der Waals surface area contributed by atoms with E-state index >= 15 is 0 Å². The third-order valence-electron chi connectivity index (χ3n) is 7.55. The normalized spacial score (nSPS) is 15.0. The number of hydrazone groups is 1. The lowest BCUT2D eigenvalue weighted by atomic mass is 10.00. The van der Waals surface area contributed by atoms with Crippen molar-refractivity contribution in [2.24, 2.45) is 12.1 Å². The highest BCUT2D eigenvalue weighted by atomic mass is 32.2. The zero-order valence-electron chi connectivity index (χ0n) is 25.5. The van der Waals surface area contributed by atoms with Gasteiger partial charge in [-0.1, -0.05) is 61.5 Å². The smallest absolute Gasteiger partial charge is 0.253 e. The van der Waals surface area contributed by atoms with E-state index in [1.54, 1.807) is 41.8 Å². The lowest BCUT2D eigenvalue weighted by Gasteiger charge is -2.22. The molecule has 3 heterocycles. The summed E-state index contributed by atoms with van der Waals surface area (Å²) in [5.74, 6) is 0.118. The summed E-state index contributed by atoms with van der Waals surface area (Å²) in [6.45, 7) is 6.43. The maximum Gasteiger partial charge on any atom is 0.253 e. The molecular weight excluding hydrogens is 631 g/mol. The summed E-state index contributed by atoms with van der Waals surface area (Å²) < 4.78 is 28.6. The van der Waals surface area contributed by atoms with Crippen LogP contribution in [0.4, 0.5) is 0 Å². The Morgan fingerprint density at radius 3 is 2.40 bits per heavy atom. The van der Waals surface area contributed by atoms with Gasteiger partial charge < -0.3 is 9.88 Å². The maximum atomic E-state index is 13.5. The van der Waals surface area contributed by atoms with Crippen LogP contribution in [0.15, 0.2) is 81.2 Å². The van der Waals surface area contributed by atoms with Crippen LogP contribution in [0.5, 0.6) is 0 Å². The molecule has 1 aliphatic heterocycles. The second kappa shape index (κ2) is 14.1.